The summed E-state index contributed by atoms with van der Waals surface area (Å²) in [6, 6.07) is 1.36. The van der Waals surface area contributed by atoms with E-state index < -0.39 is 43.4 Å². The molecule has 0 fully saturated rings. The van der Waals surface area contributed by atoms with Crippen molar-refractivity contribution in [1.82, 2.24) is 4.72 Å². The molecule has 1 aromatic carbocycles. The quantitative estimate of drug-likeness (QED) is 0.747. The Morgan fingerprint density at radius 1 is 1.53 bits per heavy atom. The lowest BCUT2D eigenvalue weighted by molar-refractivity contribution is 0.0696. The number of aliphatic hydroxyl groups is 1. The summed E-state index contributed by atoms with van der Waals surface area (Å²) in [7, 11) is -4.12. The van der Waals surface area contributed by atoms with Gasteiger partial charge in [-0.25, -0.2) is 22.3 Å². The molecule has 1 unspecified atom stereocenters. The van der Waals surface area contributed by atoms with Crippen LogP contribution in [-0.4, -0.2) is 37.2 Å². The molecule has 19 heavy (non-hydrogen) atoms. The van der Waals surface area contributed by atoms with E-state index in [-0.39, 0.29) is 6.54 Å². The highest BCUT2D eigenvalue weighted by atomic mass is 35.5. The van der Waals surface area contributed by atoms with E-state index in [4.69, 9.17) is 21.8 Å². The molecule has 1 atom stereocenters. The van der Waals surface area contributed by atoms with Gasteiger partial charge in [-0.15, -0.1) is 0 Å². The molecule has 0 aliphatic rings. The van der Waals surface area contributed by atoms with E-state index >= 15 is 0 Å². The second-order valence-corrected chi connectivity index (χ2v) is 5.92. The fraction of sp³-hybridized carbons (Fsp3) is 0.300. The largest absolute Gasteiger partial charge is 0.478 e. The third kappa shape index (κ3) is 3.87. The fourth-order valence-corrected chi connectivity index (χ4v) is 2.54. The zero-order chi connectivity index (χ0) is 14.8. The second-order valence-electron chi connectivity index (χ2n) is 3.77. The van der Waals surface area contributed by atoms with Crippen molar-refractivity contribution in [2.24, 2.45) is 0 Å². The minimum Gasteiger partial charge on any atom is -0.478 e. The highest BCUT2D eigenvalue weighted by Gasteiger charge is 2.21. The minimum absolute atomic E-state index is 0.283. The highest BCUT2D eigenvalue weighted by Crippen LogP contribution is 2.24. The molecule has 0 bridgehead atoms. The third-order valence-corrected chi connectivity index (χ3v) is 3.90. The van der Waals surface area contributed by atoms with Gasteiger partial charge in [-0.2, -0.15) is 0 Å². The summed E-state index contributed by atoms with van der Waals surface area (Å²) in [5.41, 5.74) is -0.654. The zero-order valence-electron chi connectivity index (χ0n) is 9.72. The predicted molar refractivity (Wildman–Crippen MR) is 65.2 cm³/mol. The molecular weight excluding hydrogens is 301 g/mol. The van der Waals surface area contributed by atoms with Gasteiger partial charge >= 0.3 is 5.97 Å². The first-order valence-electron chi connectivity index (χ1n) is 5.05. The number of aromatic carboxylic acids is 1. The van der Waals surface area contributed by atoms with Crippen LogP contribution < -0.4 is 4.72 Å². The molecule has 0 aliphatic carbocycles. The lowest BCUT2D eigenvalue weighted by atomic mass is 10.2. The van der Waals surface area contributed by atoms with Gasteiger partial charge in [-0.05, 0) is 19.1 Å². The maximum Gasteiger partial charge on any atom is 0.337 e. The summed E-state index contributed by atoms with van der Waals surface area (Å²) in [6.07, 6.45) is -0.939. The van der Waals surface area contributed by atoms with Crippen molar-refractivity contribution in [3.05, 3.63) is 28.5 Å². The van der Waals surface area contributed by atoms with Crippen molar-refractivity contribution in [1.29, 1.82) is 0 Å². The smallest absolute Gasteiger partial charge is 0.337 e. The maximum atomic E-state index is 13.4. The Balaban J connectivity index is 3.25. The summed E-state index contributed by atoms with van der Waals surface area (Å²) in [6.45, 7) is 1.07. The molecule has 6 nitrogen and oxygen atoms in total. The van der Waals surface area contributed by atoms with Gasteiger partial charge in [0, 0.05) is 6.54 Å². The van der Waals surface area contributed by atoms with Crippen molar-refractivity contribution in [2.45, 2.75) is 17.9 Å². The number of aliphatic hydroxyl groups excluding tert-OH is 1. The Labute approximate surface area is 113 Å². The van der Waals surface area contributed by atoms with E-state index in [0.29, 0.717) is 6.07 Å². The summed E-state index contributed by atoms with van der Waals surface area (Å²) >= 11 is 5.43. The first-order valence-corrected chi connectivity index (χ1v) is 6.91. The van der Waals surface area contributed by atoms with Crippen LogP contribution in [0.2, 0.25) is 5.02 Å². The highest BCUT2D eigenvalue weighted by molar-refractivity contribution is 7.89. The first kappa shape index (κ1) is 15.8. The number of benzene rings is 1. The van der Waals surface area contributed by atoms with Crippen LogP contribution in [0, 0.1) is 5.82 Å². The molecule has 0 aliphatic heterocycles. The van der Waals surface area contributed by atoms with Crippen molar-refractivity contribution < 1.29 is 27.8 Å². The summed E-state index contributed by atoms with van der Waals surface area (Å²) in [4.78, 5) is 10.2. The molecule has 1 rings (SSSR count). The van der Waals surface area contributed by atoms with Crippen molar-refractivity contribution in [3.63, 3.8) is 0 Å². The zero-order valence-corrected chi connectivity index (χ0v) is 11.3. The van der Waals surface area contributed by atoms with Crippen LogP contribution >= 0.6 is 11.6 Å². The third-order valence-electron chi connectivity index (χ3n) is 2.11. The van der Waals surface area contributed by atoms with Gasteiger partial charge in [0.1, 0.15) is 5.82 Å². The molecule has 1 aromatic rings. The molecule has 0 spiro atoms. The standard InChI is InChI=1S/C10H11ClFNO5S/c1-5(14)4-13-19(17,18)6-2-7(10(15)16)9(11)8(12)3-6/h2-3,5,13-14H,4H2,1H3,(H,15,16). The number of hydrogen-bond donors (Lipinski definition) is 3. The van der Waals surface area contributed by atoms with E-state index in [0.717, 1.165) is 6.07 Å². The van der Waals surface area contributed by atoms with E-state index in [9.17, 15) is 17.6 Å². The molecule has 9 heteroatoms. The average molecular weight is 312 g/mol. The van der Waals surface area contributed by atoms with Crippen LogP contribution in [0.25, 0.3) is 0 Å². The van der Waals surface area contributed by atoms with Gasteiger partial charge in [0.15, 0.2) is 0 Å². The van der Waals surface area contributed by atoms with Crippen molar-refractivity contribution in [3.8, 4) is 0 Å². The van der Waals surface area contributed by atoms with E-state index in [1.165, 1.54) is 6.92 Å². The van der Waals surface area contributed by atoms with Crippen LogP contribution in [0.4, 0.5) is 4.39 Å². The van der Waals surface area contributed by atoms with Crippen molar-refractivity contribution in [2.75, 3.05) is 6.54 Å². The van der Waals surface area contributed by atoms with Gasteiger partial charge in [-0.3, -0.25) is 0 Å². The van der Waals surface area contributed by atoms with Crippen LogP contribution in [0.5, 0.6) is 0 Å². The normalized spacial score (nSPS) is 13.3. The molecule has 0 heterocycles. The van der Waals surface area contributed by atoms with Gasteiger partial charge in [-0.1, -0.05) is 11.6 Å². The number of halogens is 2. The Bertz CT molecular complexity index is 602. The lowest BCUT2D eigenvalue weighted by Gasteiger charge is -2.10. The summed E-state index contributed by atoms with van der Waals surface area (Å²) in [5, 5.41) is 17.1. The number of sulfonamides is 1. The first-order chi connectivity index (χ1) is 8.65. The number of rotatable bonds is 5. The second kappa shape index (κ2) is 5.83. The van der Waals surface area contributed by atoms with Crippen LogP contribution in [0.3, 0.4) is 0 Å². The molecule has 0 radical (unpaired) electrons. The Hall–Kier alpha value is -1.22. The Kier molecular flexibility index (Phi) is 4.86. The molecular formula is C10H11ClFNO5S. The van der Waals surface area contributed by atoms with Gasteiger partial charge in [0.2, 0.25) is 10.0 Å². The summed E-state index contributed by atoms with van der Waals surface area (Å²) in [5.74, 6) is -2.70. The molecule has 3 N–H and O–H groups in total. The number of nitrogens with one attached hydrogen (secondary N) is 1. The predicted octanol–water partition coefficient (Wildman–Crippen LogP) is 0.836. The van der Waals surface area contributed by atoms with E-state index in [2.05, 4.69) is 0 Å². The molecule has 0 aromatic heterocycles. The number of carboxylic acid groups (broad SMARTS) is 1. The lowest BCUT2D eigenvalue weighted by Crippen LogP contribution is -2.30. The number of carbonyl (C=O) groups is 1. The maximum absolute atomic E-state index is 13.4. The number of carboxylic acids is 1. The SMILES string of the molecule is CC(O)CNS(=O)(=O)c1cc(F)c(Cl)c(C(=O)O)c1. The van der Waals surface area contributed by atoms with Crippen LogP contribution in [-0.2, 0) is 10.0 Å². The van der Waals surface area contributed by atoms with E-state index in [1.807, 2.05) is 4.72 Å². The fourth-order valence-electron chi connectivity index (χ4n) is 1.19. The average Bonchev–Trinajstić information content (AvgIpc) is 2.29. The molecule has 106 valence electrons. The van der Waals surface area contributed by atoms with Crippen molar-refractivity contribution >= 4 is 27.6 Å². The Morgan fingerprint density at radius 3 is 2.58 bits per heavy atom. The molecule has 0 saturated carbocycles. The van der Waals surface area contributed by atoms with Crippen LogP contribution in [0.1, 0.15) is 17.3 Å². The van der Waals surface area contributed by atoms with E-state index in [1.54, 1.807) is 0 Å². The van der Waals surface area contributed by atoms with Gasteiger partial charge < -0.3 is 10.2 Å². The van der Waals surface area contributed by atoms with Gasteiger partial charge in [0.05, 0.1) is 21.6 Å². The Morgan fingerprint density at radius 2 is 2.11 bits per heavy atom. The van der Waals surface area contributed by atoms with Gasteiger partial charge in [0.25, 0.3) is 0 Å². The van der Waals surface area contributed by atoms with Crippen LogP contribution in [0.15, 0.2) is 17.0 Å². The molecule has 0 amide bonds. The monoisotopic (exact) mass is 311 g/mol. The molecule has 0 saturated heterocycles. The topological polar surface area (TPSA) is 104 Å². The summed E-state index contributed by atoms with van der Waals surface area (Å²) < 4.78 is 38.9. The number of hydrogen-bond acceptors (Lipinski definition) is 4. The minimum atomic E-state index is -4.12.